The summed E-state index contributed by atoms with van der Waals surface area (Å²) in [5, 5.41) is 0. The van der Waals surface area contributed by atoms with Gasteiger partial charge in [0.1, 0.15) is 0 Å². The first kappa shape index (κ1) is 12.2. The van der Waals surface area contributed by atoms with Crippen molar-refractivity contribution >= 4 is 0 Å². The van der Waals surface area contributed by atoms with Crippen LogP contribution in [0, 0.1) is 0 Å². The predicted molar refractivity (Wildman–Crippen MR) is 68.1 cm³/mol. The van der Waals surface area contributed by atoms with Crippen LogP contribution in [0.25, 0.3) is 0 Å². The van der Waals surface area contributed by atoms with E-state index in [0.717, 1.165) is 25.9 Å². The molecule has 0 radical (unpaired) electrons. The molecule has 0 amide bonds. The molecule has 0 aliphatic carbocycles. The van der Waals surface area contributed by atoms with Crippen LogP contribution in [0.15, 0.2) is 30.3 Å². The van der Waals surface area contributed by atoms with Crippen LogP contribution in [0.2, 0.25) is 0 Å². The Morgan fingerprint density at radius 1 is 1.28 bits per heavy atom. The monoisotopic (exact) mass is 250 g/mol. The van der Waals surface area contributed by atoms with Crippen molar-refractivity contribution in [3.05, 3.63) is 35.9 Å². The molecule has 1 aromatic rings. The second kappa shape index (κ2) is 4.34. The molecule has 3 heteroatoms. The van der Waals surface area contributed by atoms with Crippen molar-refractivity contribution in [2.24, 2.45) is 0 Å². The predicted octanol–water partition coefficient (Wildman–Crippen LogP) is 2.89. The molecule has 2 aliphatic heterocycles. The number of ether oxygens (including phenoxy) is 3. The van der Waals surface area contributed by atoms with Gasteiger partial charge in [0.2, 0.25) is 0 Å². The minimum Gasteiger partial charge on any atom is -0.327 e. The summed E-state index contributed by atoms with van der Waals surface area (Å²) in [5.41, 5.74) is 1.04. The van der Waals surface area contributed by atoms with Crippen LogP contribution < -0.4 is 0 Å². The molecule has 0 saturated carbocycles. The minimum atomic E-state index is -0.817. The summed E-state index contributed by atoms with van der Waals surface area (Å²) in [6.07, 6.45) is 2.72. The number of aryl methyl sites for hydroxylation is 1. The Hall–Kier alpha value is -0.900. The fraction of sp³-hybridized carbons (Fsp3) is 0.600. The summed E-state index contributed by atoms with van der Waals surface area (Å²) in [6.45, 7) is 4.89. The molecule has 2 saturated heterocycles. The van der Waals surface area contributed by atoms with Crippen LogP contribution in [-0.4, -0.2) is 24.3 Å². The van der Waals surface area contributed by atoms with Crippen LogP contribution in [-0.2, 0) is 20.6 Å². The van der Waals surface area contributed by atoms with Crippen LogP contribution in [0.3, 0.4) is 0 Å². The van der Waals surface area contributed by atoms with Gasteiger partial charge in [0.25, 0.3) is 5.97 Å². The first-order chi connectivity index (χ1) is 8.60. The molecule has 98 valence electrons. The third-order valence-electron chi connectivity index (χ3n) is 3.78. The van der Waals surface area contributed by atoms with Crippen LogP contribution >= 0.6 is 0 Å². The Labute approximate surface area is 108 Å². The zero-order valence-corrected chi connectivity index (χ0v) is 11.0. The number of hydrogen-bond donors (Lipinski definition) is 0. The van der Waals surface area contributed by atoms with E-state index in [9.17, 15) is 0 Å². The zero-order chi connectivity index (χ0) is 12.6. The van der Waals surface area contributed by atoms with Gasteiger partial charge in [0.15, 0.2) is 0 Å². The van der Waals surface area contributed by atoms with Gasteiger partial charge in [-0.1, -0.05) is 30.3 Å². The summed E-state index contributed by atoms with van der Waals surface area (Å²) in [7, 11) is 0. The Bertz CT molecular complexity index is 415. The average Bonchev–Trinajstić information content (AvgIpc) is 2.55. The van der Waals surface area contributed by atoms with E-state index in [4.69, 9.17) is 14.2 Å². The Morgan fingerprint density at radius 3 is 2.83 bits per heavy atom. The topological polar surface area (TPSA) is 27.7 Å². The van der Waals surface area contributed by atoms with Gasteiger partial charge in [-0.25, -0.2) is 0 Å². The maximum atomic E-state index is 6.04. The Balaban J connectivity index is 1.69. The van der Waals surface area contributed by atoms with E-state index < -0.39 is 5.97 Å². The summed E-state index contributed by atoms with van der Waals surface area (Å²) >= 11 is 0. The van der Waals surface area contributed by atoms with E-state index >= 15 is 0 Å². The fourth-order valence-corrected chi connectivity index (χ4v) is 2.76. The van der Waals surface area contributed by atoms with Crippen LogP contribution in [0.5, 0.6) is 0 Å². The summed E-state index contributed by atoms with van der Waals surface area (Å²) in [4.78, 5) is 0. The van der Waals surface area contributed by atoms with E-state index in [0.29, 0.717) is 0 Å². The SMILES string of the molecule is CC1(C)[18O][C@@]2(CCc3ccccc3)OCC[C@@H]1O2. The third-order valence-corrected chi connectivity index (χ3v) is 3.78. The number of hydrogen-bond acceptors (Lipinski definition) is 3. The Morgan fingerprint density at radius 2 is 2.06 bits per heavy atom. The average molecular weight is 250 g/mol. The smallest absolute Gasteiger partial charge is 0.284 e. The molecule has 0 unspecified atom stereocenters. The van der Waals surface area contributed by atoms with Crippen molar-refractivity contribution in [3.63, 3.8) is 0 Å². The highest BCUT2D eigenvalue weighted by Crippen LogP contribution is 2.44. The summed E-state index contributed by atoms with van der Waals surface area (Å²) < 4.78 is 17.8. The highest BCUT2D eigenvalue weighted by Gasteiger charge is 2.55. The number of rotatable bonds is 3. The largest absolute Gasteiger partial charge is 0.327 e. The lowest BCUT2D eigenvalue weighted by molar-refractivity contribution is -0.363. The molecular weight excluding hydrogens is 230 g/mol. The molecule has 2 aliphatic rings. The molecule has 3 nitrogen and oxygen atoms in total. The molecular formula is C15H20O3. The normalized spacial score (nSPS) is 33.6. The molecule has 0 N–H and O–H groups in total. The fourth-order valence-electron chi connectivity index (χ4n) is 2.76. The second-order valence-corrected chi connectivity index (χ2v) is 5.62. The molecule has 3 rings (SSSR count). The summed E-state index contributed by atoms with van der Waals surface area (Å²) in [6, 6.07) is 10.4. The highest BCUT2D eigenvalue weighted by molar-refractivity contribution is 5.15. The van der Waals surface area contributed by atoms with Crippen molar-refractivity contribution in [2.75, 3.05) is 6.61 Å². The van der Waals surface area contributed by atoms with E-state index in [2.05, 4.69) is 38.1 Å². The summed E-state index contributed by atoms with van der Waals surface area (Å²) in [5.74, 6) is -0.817. The van der Waals surface area contributed by atoms with E-state index in [-0.39, 0.29) is 11.7 Å². The molecule has 2 fully saturated rings. The standard InChI is InChI=1S/C15H20O3/c1-14(2)13-9-11-16-15(17-13,18-14)10-8-12-6-4-3-5-7-12/h3-7,13H,8-11H2,1-2H3/t13-,15-/m0/s1/i18+2. The van der Waals surface area contributed by atoms with Gasteiger partial charge in [-0.15, -0.1) is 0 Å². The van der Waals surface area contributed by atoms with Gasteiger partial charge in [-0.3, -0.25) is 0 Å². The van der Waals surface area contributed by atoms with Crippen molar-refractivity contribution in [3.8, 4) is 0 Å². The quantitative estimate of drug-likeness (QED) is 0.772. The van der Waals surface area contributed by atoms with Crippen LogP contribution in [0.1, 0.15) is 32.3 Å². The molecule has 0 spiro atoms. The lowest BCUT2D eigenvalue weighted by atomic mass is 10.0. The van der Waals surface area contributed by atoms with Gasteiger partial charge in [0, 0.05) is 12.8 Å². The van der Waals surface area contributed by atoms with Gasteiger partial charge in [0.05, 0.1) is 18.3 Å². The van der Waals surface area contributed by atoms with Crippen molar-refractivity contribution in [1.82, 2.24) is 0 Å². The molecule has 0 aromatic heterocycles. The maximum absolute atomic E-state index is 6.04. The Kier molecular flexibility index (Phi) is 2.93. The van der Waals surface area contributed by atoms with Crippen LogP contribution in [0.4, 0.5) is 0 Å². The van der Waals surface area contributed by atoms with Gasteiger partial charge < -0.3 is 14.2 Å². The first-order valence-electron chi connectivity index (χ1n) is 6.66. The van der Waals surface area contributed by atoms with Gasteiger partial charge >= 0.3 is 0 Å². The van der Waals surface area contributed by atoms with Crippen molar-refractivity contribution in [2.45, 2.75) is 50.8 Å². The minimum absolute atomic E-state index is 0.155. The number of benzene rings is 1. The number of fused-ring (bicyclic) bond motifs is 2. The lowest BCUT2D eigenvalue weighted by Gasteiger charge is -2.31. The lowest BCUT2D eigenvalue weighted by Crippen LogP contribution is -2.39. The molecule has 1 aromatic carbocycles. The second-order valence-electron chi connectivity index (χ2n) is 5.62. The molecule has 2 bridgehead atoms. The molecule has 2 atom stereocenters. The van der Waals surface area contributed by atoms with Crippen molar-refractivity contribution in [1.29, 1.82) is 0 Å². The van der Waals surface area contributed by atoms with E-state index in [1.165, 1.54) is 5.56 Å². The zero-order valence-electron chi connectivity index (χ0n) is 11.0. The first-order valence-corrected chi connectivity index (χ1v) is 6.66. The van der Waals surface area contributed by atoms with Crippen molar-refractivity contribution < 1.29 is 14.2 Å². The molecule has 2 heterocycles. The third kappa shape index (κ3) is 2.18. The molecule has 18 heavy (non-hydrogen) atoms. The highest BCUT2D eigenvalue weighted by atomic mass is 18.4. The van der Waals surface area contributed by atoms with Gasteiger partial charge in [-0.2, -0.15) is 0 Å². The maximum Gasteiger partial charge on any atom is 0.284 e. The van der Waals surface area contributed by atoms with Gasteiger partial charge in [-0.05, 0) is 25.8 Å². The van der Waals surface area contributed by atoms with E-state index in [1.807, 2.05) is 6.07 Å². The van der Waals surface area contributed by atoms with E-state index in [1.54, 1.807) is 0 Å².